The van der Waals surface area contributed by atoms with Gasteiger partial charge >= 0.3 is 5.97 Å². The van der Waals surface area contributed by atoms with E-state index in [1.54, 1.807) is 5.54 Å². The average molecular weight is 276 g/mol. The van der Waals surface area contributed by atoms with Crippen LogP contribution in [-0.2, 0) is 14.3 Å². The summed E-state index contributed by atoms with van der Waals surface area (Å²) in [6, 6.07) is 0. The Kier molecular flexibility index (Phi) is 7.32. The number of hydrogen-bond donors (Lipinski definition) is 0. The summed E-state index contributed by atoms with van der Waals surface area (Å²) in [4.78, 5) is 13.4. The summed E-state index contributed by atoms with van der Waals surface area (Å²) < 4.78 is 10.3. The van der Waals surface area contributed by atoms with E-state index in [2.05, 4.69) is 9.64 Å². The second-order valence-electron chi connectivity index (χ2n) is 4.65. The molecule has 0 spiro atoms. The first-order valence-corrected chi connectivity index (χ1v) is 6.76. The molecule has 4 nitrogen and oxygen atoms in total. The van der Waals surface area contributed by atoms with Gasteiger partial charge < -0.3 is 9.47 Å². The van der Waals surface area contributed by atoms with Gasteiger partial charge in [-0.1, -0.05) is 11.6 Å². The van der Waals surface area contributed by atoms with Gasteiger partial charge in [0.2, 0.25) is 0 Å². The smallest absolute Gasteiger partial charge is 0.306 e. The van der Waals surface area contributed by atoms with Crippen LogP contribution >= 0.6 is 11.6 Å². The molecule has 1 saturated heterocycles. The average Bonchev–Trinajstić information content (AvgIpc) is 2.88. The van der Waals surface area contributed by atoms with Crippen molar-refractivity contribution < 1.29 is 14.3 Å². The standard InChI is InChI=1S/C13H22ClNO3/c1-11(8-14)9-15(6-5-13(16)17-2)10-12-4-3-7-18-12/h8,12H,3-7,9-10H2,1-2H3. The first-order chi connectivity index (χ1) is 8.65. The van der Waals surface area contributed by atoms with Gasteiger partial charge in [0.05, 0.1) is 19.6 Å². The van der Waals surface area contributed by atoms with Crippen molar-refractivity contribution >= 4 is 17.6 Å². The Bertz CT molecular complexity index is 288. The number of nitrogens with zero attached hydrogens (tertiary/aromatic N) is 1. The molecule has 0 saturated carbocycles. The van der Waals surface area contributed by atoms with Gasteiger partial charge in [0.1, 0.15) is 0 Å². The topological polar surface area (TPSA) is 38.8 Å². The molecule has 1 atom stereocenters. The van der Waals surface area contributed by atoms with Crippen molar-refractivity contribution in [3.8, 4) is 0 Å². The van der Waals surface area contributed by atoms with E-state index in [1.807, 2.05) is 6.92 Å². The minimum Gasteiger partial charge on any atom is -0.469 e. The number of ether oxygens (including phenoxy) is 2. The van der Waals surface area contributed by atoms with Gasteiger partial charge in [-0.15, -0.1) is 0 Å². The Morgan fingerprint density at radius 1 is 1.61 bits per heavy atom. The Hall–Kier alpha value is -0.580. The van der Waals surface area contributed by atoms with Crippen LogP contribution in [0.2, 0.25) is 0 Å². The molecular formula is C13H22ClNO3. The maximum atomic E-state index is 11.2. The molecule has 1 heterocycles. The highest BCUT2D eigenvalue weighted by Crippen LogP contribution is 2.14. The number of esters is 1. The lowest BCUT2D eigenvalue weighted by Crippen LogP contribution is -2.35. The van der Waals surface area contributed by atoms with Crippen LogP contribution in [0.3, 0.4) is 0 Å². The maximum Gasteiger partial charge on any atom is 0.306 e. The van der Waals surface area contributed by atoms with Gasteiger partial charge in [0.25, 0.3) is 0 Å². The number of carbonyl (C=O) groups excluding carboxylic acids is 1. The minimum absolute atomic E-state index is 0.181. The lowest BCUT2D eigenvalue weighted by atomic mass is 10.2. The summed E-state index contributed by atoms with van der Waals surface area (Å²) in [6.45, 7) is 5.11. The molecule has 0 aliphatic carbocycles. The van der Waals surface area contributed by atoms with Crippen molar-refractivity contribution in [1.29, 1.82) is 0 Å². The highest BCUT2D eigenvalue weighted by molar-refractivity contribution is 6.25. The molecule has 0 N–H and O–H groups in total. The van der Waals surface area contributed by atoms with E-state index in [-0.39, 0.29) is 12.1 Å². The monoisotopic (exact) mass is 275 g/mol. The van der Waals surface area contributed by atoms with Crippen LogP contribution in [0.5, 0.6) is 0 Å². The third-order valence-corrected chi connectivity index (χ3v) is 3.38. The first-order valence-electron chi connectivity index (χ1n) is 6.32. The second kappa shape index (κ2) is 8.51. The molecule has 5 heteroatoms. The van der Waals surface area contributed by atoms with Crippen LogP contribution < -0.4 is 0 Å². The zero-order valence-electron chi connectivity index (χ0n) is 11.2. The summed E-state index contributed by atoms with van der Waals surface area (Å²) in [5, 5.41) is 0. The Balaban J connectivity index is 2.42. The van der Waals surface area contributed by atoms with E-state index in [4.69, 9.17) is 16.3 Å². The summed E-state index contributed by atoms with van der Waals surface area (Å²) in [5.41, 5.74) is 2.67. The Morgan fingerprint density at radius 2 is 2.39 bits per heavy atom. The maximum absolute atomic E-state index is 11.2. The van der Waals surface area contributed by atoms with Crippen molar-refractivity contribution in [1.82, 2.24) is 4.90 Å². The lowest BCUT2D eigenvalue weighted by molar-refractivity contribution is -0.141. The van der Waals surface area contributed by atoms with Gasteiger partial charge in [-0.25, -0.2) is 0 Å². The molecule has 104 valence electrons. The van der Waals surface area contributed by atoms with Crippen LogP contribution in [0.25, 0.3) is 0 Å². The molecule has 18 heavy (non-hydrogen) atoms. The van der Waals surface area contributed by atoms with Gasteiger partial charge in [-0.05, 0) is 25.3 Å². The molecule has 1 aliphatic rings. The predicted molar refractivity (Wildman–Crippen MR) is 71.7 cm³/mol. The third kappa shape index (κ3) is 5.85. The van der Waals surface area contributed by atoms with Crippen molar-refractivity contribution in [2.75, 3.05) is 33.4 Å². The van der Waals surface area contributed by atoms with Crippen LogP contribution in [0.1, 0.15) is 26.2 Å². The van der Waals surface area contributed by atoms with E-state index < -0.39 is 0 Å². The number of methoxy groups -OCH3 is 1. The van der Waals surface area contributed by atoms with E-state index >= 15 is 0 Å². The summed E-state index contributed by atoms with van der Waals surface area (Å²) in [5.74, 6) is -0.181. The quantitative estimate of drug-likeness (QED) is 0.668. The molecule has 1 rings (SSSR count). The SMILES string of the molecule is COC(=O)CCN(CC(C)=CCl)CC1CCCO1. The first kappa shape index (κ1) is 15.5. The van der Waals surface area contributed by atoms with Gasteiger partial charge in [-0.2, -0.15) is 0 Å². The van der Waals surface area contributed by atoms with Crippen LogP contribution in [0.15, 0.2) is 11.1 Å². The van der Waals surface area contributed by atoms with E-state index in [1.165, 1.54) is 7.11 Å². The van der Waals surface area contributed by atoms with Crippen molar-refractivity contribution in [2.45, 2.75) is 32.3 Å². The fourth-order valence-electron chi connectivity index (χ4n) is 2.05. The number of halogens is 1. The van der Waals surface area contributed by atoms with E-state index in [0.29, 0.717) is 13.0 Å². The zero-order chi connectivity index (χ0) is 13.4. The Morgan fingerprint density at radius 3 is 2.94 bits per heavy atom. The van der Waals surface area contributed by atoms with Gasteiger partial charge in [-0.3, -0.25) is 9.69 Å². The number of rotatable bonds is 7. The largest absolute Gasteiger partial charge is 0.469 e. The highest BCUT2D eigenvalue weighted by atomic mass is 35.5. The number of carbonyl (C=O) groups is 1. The number of hydrogen-bond acceptors (Lipinski definition) is 4. The summed E-state index contributed by atoms with van der Waals surface area (Å²) in [7, 11) is 1.41. The molecular weight excluding hydrogens is 254 g/mol. The fourth-order valence-corrected chi connectivity index (χ4v) is 2.12. The van der Waals surface area contributed by atoms with Crippen LogP contribution in [0, 0.1) is 0 Å². The molecule has 0 amide bonds. The molecule has 0 bridgehead atoms. The molecule has 0 radical (unpaired) electrons. The van der Waals surface area contributed by atoms with Crippen molar-refractivity contribution in [3.05, 3.63) is 11.1 Å². The normalized spacial score (nSPS) is 20.4. The second-order valence-corrected chi connectivity index (χ2v) is 4.87. The summed E-state index contributed by atoms with van der Waals surface area (Å²) in [6.07, 6.45) is 2.91. The molecule has 0 aromatic rings. The van der Waals surface area contributed by atoms with Crippen LogP contribution in [0.4, 0.5) is 0 Å². The minimum atomic E-state index is -0.181. The van der Waals surface area contributed by atoms with Gasteiger partial charge in [0.15, 0.2) is 0 Å². The highest BCUT2D eigenvalue weighted by Gasteiger charge is 2.19. The van der Waals surface area contributed by atoms with Crippen molar-refractivity contribution in [2.24, 2.45) is 0 Å². The zero-order valence-corrected chi connectivity index (χ0v) is 11.9. The molecule has 1 aliphatic heterocycles. The van der Waals surface area contributed by atoms with Gasteiger partial charge in [0, 0.05) is 31.8 Å². The fraction of sp³-hybridized carbons (Fsp3) is 0.769. The Labute approximate surface area is 114 Å². The molecule has 1 unspecified atom stereocenters. The lowest BCUT2D eigenvalue weighted by Gasteiger charge is -2.24. The third-order valence-electron chi connectivity index (χ3n) is 3.00. The predicted octanol–water partition coefficient (Wildman–Crippen LogP) is 2.17. The molecule has 0 aromatic heterocycles. The molecule has 0 aromatic carbocycles. The van der Waals surface area contributed by atoms with E-state index in [0.717, 1.165) is 38.1 Å². The molecule has 1 fully saturated rings. The van der Waals surface area contributed by atoms with Crippen molar-refractivity contribution in [3.63, 3.8) is 0 Å². The van der Waals surface area contributed by atoms with E-state index in [9.17, 15) is 4.79 Å². The van der Waals surface area contributed by atoms with Crippen LogP contribution in [-0.4, -0.2) is 50.3 Å². The summed E-state index contributed by atoms with van der Waals surface area (Å²) >= 11 is 5.69.